The molecule has 3 heterocycles. The minimum absolute atomic E-state index is 0. The van der Waals surface area contributed by atoms with Crippen LogP contribution in [0.4, 0.5) is 5.69 Å². The minimum Gasteiger partial charge on any atom is -0.326 e. The first-order chi connectivity index (χ1) is 12.6. The van der Waals surface area contributed by atoms with Gasteiger partial charge in [-0.3, -0.25) is 9.48 Å². The van der Waals surface area contributed by atoms with Gasteiger partial charge >= 0.3 is 0 Å². The summed E-state index contributed by atoms with van der Waals surface area (Å²) in [4.78, 5) is 12.8. The van der Waals surface area contributed by atoms with Gasteiger partial charge < -0.3 is 10.6 Å². The van der Waals surface area contributed by atoms with E-state index in [4.69, 9.17) is 0 Å². The quantitative estimate of drug-likeness (QED) is 0.693. The number of nitrogens with one attached hydrogen (secondary N) is 2. The Morgan fingerprint density at radius 2 is 2.19 bits per heavy atom. The molecule has 1 fully saturated rings. The van der Waals surface area contributed by atoms with Gasteiger partial charge in [0.25, 0.3) is 0 Å². The van der Waals surface area contributed by atoms with Crippen LogP contribution in [0.25, 0.3) is 5.69 Å². The average molecular weight is 389 g/mol. The van der Waals surface area contributed by atoms with Crippen LogP contribution < -0.4 is 10.6 Å². The first-order valence-corrected chi connectivity index (χ1v) is 8.47. The molecule has 1 aliphatic rings. The number of aromatic nitrogens is 6. The molecular formula is C17H21ClN8O. The van der Waals surface area contributed by atoms with Crippen molar-refractivity contribution in [3.8, 4) is 5.69 Å². The molecule has 9 nitrogen and oxygen atoms in total. The molecule has 4 rings (SSSR count). The minimum atomic E-state index is -0.141. The first-order valence-electron chi connectivity index (χ1n) is 8.47. The number of hydrogen-bond acceptors (Lipinski definition) is 6. The number of rotatable bonds is 4. The van der Waals surface area contributed by atoms with E-state index in [0.717, 1.165) is 23.5 Å². The summed E-state index contributed by atoms with van der Waals surface area (Å²) in [5.74, 6) is 0.658. The normalized spacial score (nSPS) is 18.9. The zero-order chi connectivity index (χ0) is 18.1. The topological polar surface area (TPSA) is 103 Å². The van der Waals surface area contributed by atoms with Crippen molar-refractivity contribution in [1.29, 1.82) is 0 Å². The molecule has 0 saturated carbocycles. The van der Waals surface area contributed by atoms with E-state index in [-0.39, 0.29) is 30.2 Å². The largest absolute Gasteiger partial charge is 0.326 e. The summed E-state index contributed by atoms with van der Waals surface area (Å²) in [6.45, 7) is 3.25. The molecule has 1 aliphatic heterocycles. The molecule has 10 heteroatoms. The molecule has 3 aromatic rings. The lowest BCUT2D eigenvalue weighted by Gasteiger charge is -2.17. The Balaban J connectivity index is 0.00000210. The molecule has 1 aromatic carbocycles. The monoisotopic (exact) mass is 388 g/mol. The van der Waals surface area contributed by atoms with Crippen molar-refractivity contribution in [2.24, 2.45) is 13.0 Å². The third-order valence-corrected chi connectivity index (χ3v) is 4.69. The van der Waals surface area contributed by atoms with Gasteiger partial charge in [-0.2, -0.15) is 9.78 Å². The second-order valence-corrected chi connectivity index (χ2v) is 6.50. The summed E-state index contributed by atoms with van der Waals surface area (Å²) in [6.07, 6.45) is 3.80. The van der Waals surface area contributed by atoms with Crippen LogP contribution in [0.5, 0.6) is 0 Å². The van der Waals surface area contributed by atoms with Crippen molar-refractivity contribution >= 4 is 24.0 Å². The van der Waals surface area contributed by atoms with Gasteiger partial charge in [-0.05, 0) is 41.1 Å². The van der Waals surface area contributed by atoms with Gasteiger partial charge in [0.05, 0.1) is 17.8 Å². The molecule has 142 valence electrons. The van der Waals surface area contributed by atoms with Gasteiger partial charge in [0.1, 0.15) is 0 Å². The highest BCUT2D eigenvalue weighted by molar-refractivity contribution is 5.93. The number of hydrogen-bond donors (Lipinski definition) is 2. The summed E-state index contributed by atoms with van der Waals surface area (Å²) >= 11 is 0. The van der Waals surface area contributed by atoms with Crippen LogP contribution >= 0.6 is 12.4 Å². The summed E-state index contributed by atoms with van der Waals surface area (Å²) in [6, 6.07) is 7.50. The highest BCUT2D eigenvalue weighted by Crippen LogP contribution is 2.29. The van der Waals surface area contributed by atoms with Crippen molar-refractivity contribution in [2.45, 2.75) is 12.8 Å². The number of tetrazole rings is 1. The molecule has 2 N–H and O–H groups in total. The van der Waals surface area contributed by atoms with Gasteiger partial charge in [-0.25, -0.2) is 0 Å². The highest BCUT2D eigenvalue weighted by Gasteiger charge is 2.34. The van der Waals surface area contributed by atoms with E-state index in [9.17, 15) is 4.79 Å². The smallest absolute Gasteiger partial charge is 0.229 e. The predicted octanol–water partition coefficient (Wildman–Crippen LogP) is 1.07. The fraction of sp³-hybridized carbons (Fsp3) is 0.353. The van der Waals surface area contributed by atoms with E-state index in [0.29, 0.717) is 12.4 Å². The lowest BCUT2D eigenvalue weighted by molar-refractivity contribution is -0.119. The van der Waals surface area contributed by atoms with Crippen LogP contribution in [0, 0.1) is 12.8 Å². The fourth-order valence-corrected chi connectivity index (χ4v) is 3.36. The van der Waals surface area contributed by atoms with Crippen molar-refractivity contribution in [3.63, 3.8) is 0 Å². The zero-order valence-electron chi connectivity index (χ0n) is 15.0. The van der Waals surface area contributed by atoms with E-state index in [2.05, 4.69) is 31.3 Å². The van der Waals surface area contributed by atoms with Crippen LogP contribution in [0.3, 0.4) is 0 Å². The summed E-state index contributed by atoms with van der Waals surface area (Å²) in [5.41, 5.74) is 2.61. The van der Waals surface area contributed by atoms with Crippen molar-refractivity contribution in [3.05, 3.63) is 48.0 Å². The third kappa shape index (κ3) is 3.83. The number of amides is 1. The van der Waals surface area contributed by atoms with Crippen LogP contribution in [0.2, 0.25) is 0 Å². The molecule has 1 amide bonds. The van der Waals surface area contributed by atoms with E-state index in [1.165, 1.54) is 0 Å². The number of nitrogens with zero attached hydrogens (tertiary/aromatic N) is 6. The van der Waals surface area contributed by atoms with Crippen LogP contribution in [0.15, 0.2) is 36.7 Å². The Morgan fingerprint density at radius 1 is 1.33 bits per heavy atom. The second-order valence-electron chi connectivity index (χ2n) is 6.50. The van der Waals surface area contributed by atoms with E-state index < -0.39 is 0 Å². The summed E-state index contributed by atoms with van der Waals surface area (Å²) in [7, 11) is 1.88. The molecule has 2 aromatic heterocycles. The average Bonchev–Trinajstić information content (AvgIpc) is 3.35. The molecule has 0 radical (unpaired) electrons. The Bertz CT molecular complexity index is 936. The number of halogens is 1. The van der Waals surface area contributed by atoms with Gasteiger partial charge in [0.15, 0.2) is 5.82 Å². The fourth-order valence-electron chi connectivity index (χ4n) is 3.36. The highest BCUT2D eigenvalue weighted by atomic mass is 35.5. The summed E-state index contributed by atoms with van der Waals surface area (Å²) in [5, 5.41) is 22.1. The Kier molecular flexibility index (Phi) is 5.52. The molecule has 0 unspecified atom stereocenters. The Hall–Kier alpha value is -2.78. The molecule has 0 aliphatic carbocycles. The number of carbonyl (C=O) groups excluding carboxylic acids is 1. The van der Waals surface area contributed by atoms with Crippen LogP contribution in [-0.2, 0) is 11.8 Å². The SMILES string of the molecule is Cc1nnnn1-c1cccc(NC(=O)[C@H]2CNC[C@@H]2c2cnn(C)c2)c1.Cl. The van der Waals surface area contributed by atoms with Crippen molar-refractivity contribution < 1.29 is 4.79 Å². The van der Waals surface area contributed by atoms with Crippen LogP contribution in [0.1, 0.15) is 17.3 Å². The lowest BCUT2D eigenvalue weighted by Crippen LogP contribution is -2.28. The lowest BCUT2D eigenvalue weighted by atomic mass is 9.90. The number of benzene rings is 1. The number of carbonyl (C=O) groups is 1. The maximum atomic E-state index is 12.8. The Morgan fingerprint density at radius 3 is 2.89 bits per heavy atom. The molecule has 27 heavy (non-hydrogen) atoms. The van der Waals surface area contributed by atoms with E-state index >= 15 is 0 Å². The van der Waals surface area contributed by atoms with Gasteiger partial charge in [-0.15, -0.1) is 17.5 Å². The van der Waals surface area contributed by atoms with Crippen molar-refractivity contribution in [1.82, 2.24) is 35.3 Å². The number of aryl methyl sites for hydroxylation is 2. The second kappa shape index (κ2) is 7.85. The molecule has 1 saturated heterocycles. The molecular weight excluding hydrogens is 368 g/mol. The third-order valence-electron chi connectivity index (χ3n) is 4.69. The maximum absolute atomic E-state index is 12.8. The zero-order valence-corrected chi connectivity index (χ0v) is 15.8. The summed E-state index contributed by atoms with van der Waals surface area (Å²) < 4.78 is 3.39. The Labute approximate surface area is 162 Å². The van der Waals surface area contributed by atoms with Gasteiger partial charge in [0.2, 0.25) is 5.91 Å². The predicted molar refractivity (Wildman–Crippen MR) is 102 cm³/mol. The first kappa shape index (κ1) is 19.0. The van der Waals surface area contributed by atoms with E-state index in [1.807, 2.05) is 50.6 Å². The van der Waals surface area contributed by atoms with Gasteiger partial charge in [-0.1, -0.05) is 6.07 Å². The van der Waals surface area contributed by atoms with Crippen molar-refractivity contribution in [2.75, 3.05) is 18.4 Å². The molecule has 2 atom stereocenters. The standard InChI is InChI=1S/C17H20N8O.ClH/c1-11-21-22-23-25(11)14-5-3-4-13(6-14)20-17(26)16-9-18-8-15(16)12-7-19-24(2)10-12;/h3-7,10,15-16,18H,8-9H2,1-2H3,(H,20,26);1H/t15-,16+;/m1./s1. The van der Waals surface area contributed by atoms with Gasteiger partial charge in [0, 0.05) is 37.9 Å². The molecule has 0 spiro atoms. The van der Waals surface area contributed by atoms with E-state index in [1.54, 1.807) is 9.36 Å². The maximum Gasteiger partial charge on any atom is 0.229 e. The number of anilines is 1. The molecule has 0 bridgehead atoms. The van der Waals surface area contributed by atoms with Crippen LogP contribution in [-0.4, -0.2) is 49.0 Å².